The van der Waals surface area contributed by atoms with Crippen molar-refractivity contribution in [1.82, 2.24) is 14.5 Å². The van der Waals surface area contributed by atoms with Gasteiger partial charge < -0.3 is 0 Å². The second-order valence-electron chi connectivity index (χ2n) is 6.87. The largest absolute Gasteiger partial charge is 0.296 e. The Labute approximate surface area is 170 Å². The first kappa shape index (κ1) is 20.9. The Morgan fingerprint density at radius 1 is 1.14 bits per heavy atom. The molecule has 1 fully saturated rings. The zero-order valence-electron chi connectivity index (χ0n) is 16.2. The highest BCUT2D eigenvalue weighted by atomic mass is 32.2. The molecule has 0 saturated carbocycles. The van der Waals surface area contributed by atoms with Crippen LogP contribution in [0.25, 0.3) is 0 Å². The number of anilines is 1. The van der Waals surface area contributed by atoms with Gasteiger partial charge in [-0.3, -0.25) is 10.1 Å². The van der Waals surface area contributed by atoms with Gasteiger partial charge in [-0.2, -0.15) is 4.31 Å². The van der Waals surface area contributed by atoms with E-state index in [1.807, 2.05) is 0 Å². The maximum atomic E-state index is 13.1. The van der Waals surface area contributed by atoms with Gasteiger partial charge in [0, 0.05) is 19.0 Å². The van der Waals surface area contributed by atoms with Crippen LogP contribution in [-0.2, 0) is 10.0 Å². The highest BCUT2D eigenvalue weighted by Gasteiger charge is 2.30. The number of rotatable bonds is 7. The number of hydrogen-bond donors (Lipinski definition) is 1. The summed E-state index contributed by atoms with van der Waals surface area (Å²) < 4.78 is 27.6. The van der Waals surface area contributed by atoms with Crippen molar-refractivity contribution < 1.29 is 13.2 Å². The lowest BCUT2D eigenvalue weighted by molar-refractivity contribution is 0.102. The first-order valence-corrected chi connectivity index (χ1v) is 12.0. The van der Waals surface area contributed by atoms with Gasteiger partial charge in [-0.1, -0.05) is 43.7 Å². The van der Waals surface area contributed by atoms with E-state index in [9.17, 15) is 13.2 Å². The van der Waals surface area contributed by atoms with E-state index in [1.165, 1.54) is 27.8 Å². The summed E-state index contributed by atoms with van der Waals surface area (Å²) in [4.78, 5) is 12.9. The summed E-state index contributed by atoms with van der Waals surface area (Å²) >= 11 is 1.34. The third-order valence-corrected chi connectivity index (χ3v) is 8.02. The highest BCUT2D eigenvalue weighted by Crippen LogP contribution is 2.29. The van der Waals surface area contributed by atoms with Crippen molar-refractivity contribution in [3.8, 4) is 0 Å². The van der Waals surface area contributed by atoms with E-state index in [0.29, 0.717) is 24.1 Å². The minimum absolute atomic E-state index is 0.0409. The molecule has 0 atom stereocenters. The van der Waals surface area contributed by atoms with Crippen molar-refractivity contribution in [2.45, 2.75) is 56.8 Å². The van der Waals surface area contributed by atoms with Gasteiger partial charge in [-0.25, -0.2) is 8.42 Å². The molecule has 2 aromatic rings. The van der Waals surface area contributed by atoms with Crippen LogP contribution in [-0.4, -0.2) is 41.9 Å². The van der Waals surface area contributed by atoms with Crippen molar-refractivity contribution in [3.05, 3.63) is 34.8 Å². The lowest BCUT2D eigenvalue weighted by Crippen LogP contribution is -2.36. The molecular weight excluding hydrogens is 396 g/mol. The van der Waals surface area contributed by atoms with Gasteiger partial charge in [0.1, 0.15) is 5.01 Å². The number of sulfonamides is 1. The second-order valence-corrected chi connectivity index (χ2v) is 9.79. The number of nitrogens with one attached hydrogen (secondary N) is 1. The van der Waals surface area contributed by atoms with Crippen LogP contribution in [0.5, 0.6) is 0 Å². The Morgan fingerprint density at radius 3 is 2.50 bits per heavy atom. The van der Waals surface area contributed by atoms with Gasteiger partial charge in [-0.15, -0.1) is 10.2 Å². The van der Waals surface area contributed by atoms with Gasteiger partial charge in [-0.05, 0) is 37.8 Å². The monoisotopic (exact) mass is 422 g/mol. The Bertz CT molecular complexity index is 917. The summed E-state index contributed by atoms with van der Waals surface area (Å²) in [5, 5.41) is 12.2. The molecule has 1 aromatic carbocycles. The number of nitrogens with zero attached hydrogens (tertiary/aromatic N) is 3. The molecule has 1 saturated heterocycles. The predicted molar refractivity (Wildman–Crippen MR) is 110 cm³/mol. The molecule has 1 N–H and O–H groups in total. The topological polar surface area (TPSA) is 92.3 Å². The maximum absolute atomic E-state index is 13.1. The molecule has 1 aliphatic heterocycles. The smallest absolute Gasteiger partial charge is 0.258 e. The first-order valence-electron chi connectivity index (χ1n) is 9.71. The fraction of sp³-hybridized carbons (Fsp3) is 0.526. The summed E-state index contributed by atoms with van der Waals surface area (Å²) in [6.45, 7) is 5.17. The van der Waals surface area contributed by atoms with E-state index in [0.717, 1.165) is 37.1 Å². The minimum atomic E-state index is -3.71. The molecule has 9 heteroatoms. The molecule has 152 valence electrons. The third kappa shape index (κ3) is 4.42. The zero-order chi connectivity index (χ0) is 20.1. The van der Waals surface area contributed by atoms with Gasteiger partial charge in [0.2, 0.25) is 15.2 Å². The van der Waals surface area contributed by atoms with Crippen molar-refractivity contribution in [3.63, 3.8) is 0 Å². The van der Waals surface area contributed by atoms with Crippen LogP contribution in [0.4, 0.5) is 5.13 Å². The molecule has 0 spiro atoms. The lowest BCUT2D eigenvalue weighted by Gasteiger charge is -2.26. The standard InChI is InChI=1S/C19H26N4O3S2/c1-3-14(4-2)18-21-22-19(27-18)20-17(24)15-10-6-7-11-16(15)28(25,26)23-12-8-5-9-13-23/h6-7,10-11,14H,3-5,8-9,12-13H2,1-2H3,(H,20,22,24). The molecule has 28 heavy (non-hydrogen) atoms. The molecular formula is C19H26N4O3S2. The normalized spacial score (nSPS) is 15.7. The molecule has 0 radical (unpaired) electrons. The Morgan fingerprint density at radius 2 is 1.82 bits per heavy atom. The minimum Gasteiger partial charge on any atom is -0.296 e. The highest BCUT2D eigenvalue weighted by molar-refractivity contribution is 7.89. The van der Waals surface area contributed by atoms with Gasteiger partial charge in [0.15, 0.2) is 0 Å². The number of amides is 1. The van der Waals surface area contributed by atoms with E-state index in [-0.39, 0.29) is 10.5 Å². The Kier molecular flexibility index (Phi) is 6.79. The van der Waals surface area contributed by atoms with E-state index in [1.54, 1.807) is 12.1 Å². The molecule has 1 aliphatic rings. The Hall–Kier alpha value is -1.84. The number of benzene rings is 1. The molecule has 1 aromatic heterocycles. The molecule has 3 rings (SSSR count). The van der Waals surface area contributed by atoms with Crippen LogP contribution in [0.2, 0.25) is 0 Å². The second kappa shape index (κ2) is 9.11. The molecule has 1 amide bonds. The number of aromatic nitrogens is 2. The van der Waals surface area contributed by atoms with Crippen molar-refractivity contribution in [2.24, 2.45) is 0 Å². The van der Waals surface area contributed by atoms with Crippen LogP contribution >= 0.6 is 11.3 Å². The van der Waals surface area contributed by atoms with Crippen molar-refractivity contribution in [1.29, 1.82) is 0 Å². The molecule has 2 heterocycles. The van der Waals surface area contributed by atoms with Crippen molar-refractivity contribution >= 4 is 32.4 Å². The quantitative estimate of drug-likeness (QED) is 0.731. The molecule has 0 unspecified atom stereocenters. The van der Waals surface area contributed by atoms with Gasteiger partial charge in [0.05, 0.1) is 10.5 Å². The number of carbonyl (C=O) groups excluding carboxylic acids is 1. The van der Waals surface area contributed by atoms with Crippen molar-refractivity contribution in [2.75, 3.05) is 18.4 Å². The maximum Gasteiger partial charge on any atom is 0.258 e. The molecule has 0 bridgehead atoms. The summed E-state index contributed by atoms with van der Waals surface area (Å²) in [6.07, 6.45) is 4.63. The van der Waals surface area contributed by atoms with Crippen LogP contribution < -0.4 is 5.32 Å². The van der Waals surface area contributed by atoms with Gasteiger partial charge >= 0.3 is 0 Å². The Balaban J connectivity index is 1.83. The fourth-order valence-corrected chi connectivity index (χ4v) is 6.09. The summed E-state index contributed by atoms with van der Waals surface area (Å²) in [5.41, 5.74) is 0.132. The zero-order valence-corrected chi connectivity index (χ0v) is 17.9. The van der Waals surface area contributed by atoms with Crippen LogP contribution in [0.1, 0.15) is 67.2 Å². The van der Waals surface area contributed by atoms with E-state index in [4.69, 9.17) is 0 Å². The average molecular weight is 423 g/mol. The molecule has 0 aliphatic carbocycles. The van der Waals surface area contributed by atoms with Crippen LogP contribution in [0.15, 0.2) is 29.2 Å². The average Bonchev–Trinajstić information content (AvgIpc) is 3.17. The lowest BCUT2D eigenvalue weighted by atomic mass is 10.1. The number of piperidine rings is 1. The van der Waals surface area contributed by atoms with E-state index in [2.05, 4.69) is 29.4 Å². The number of carbonyl (C=O) groups is 1. The fourth-order valence-electron chi connectivity index (χ4n) is 3.38. The SMILES string of the molecule is CCC(CC)c1nnc(NC(=O)c2ccccc2S(=O)(=O)N2CCCCC2)s1. The summed E-state index contributed by atoms with van der Waals surface area (Å²) in [7, 11) is -3.71. The van der Waals surface area contributed by atoms with E-state index < -0.39 is 15.9 Å². The summed E-state index contributed by atoms with van der Waals surface area (Å²) in [5.74, 6) is -0.168. The third-order valence-electron chi connectivity index (χ3n) is 5.06. The number of hydrogen-bond acceptors (Lipinski definition) is 6. The summed E-state index contributed by atoms with van der Waals surface area (Å²) in [6, 6.07) is 6.34. The van der Waals surface area contributed by atoms with Crippen LogP contribution in [0.3, 0.4) is 0 Å². The van der Waals surface area contributed by atoms with Gasteiger partial charge in [0.25, 0.3) is 5.91 Å². The molecule has 7 nitrogen and oxygen atoms in total. The van der Waals surface area contributed by atoms with E-state index >= 15 is 0 Å². The van der Waals surface area contributed by atoms with Crippen LogP contribution in [0, 0.1) is 0 Å². The first-order chi connectivity index (χ1) is 13.5. The predicted octanol–water partition coefficient (Wildman–Crippen LogP) is 3.87.